The molecule has 118 valence electrons. The molecule has 0 spiro atoms. The third-order valence-corrected chi connectivity index (χ3v) is 3.55. The molecule has 8 nitrogen and oxygen atoms in total. The highest BCUT2D eigenvalue weighted by molar-refractivity contribution is 5.84. The minimum absolute atomic E-state index is 0.116. The number of hydrogen-bond donors (Lipinski definition) is 2. The van der Waals surface area contributed by atoms with E-state index in [0.29, 0.717) is 22.5 Å². The Bertz CT molecular complexity index is 784. The van der Waals surface area contributed by atoms with Crippen molar-refractivity contribution >= 4 is 16.9 Å². The Labute approximate surface area is 126 Å². The fraction of sp³-hybridized carbons (Fsp3) is 0.357. The molecule has 0 bridgehead atoms. The fourth-order valence-corrected chi connectivity index (χ4v) is 2.21. The van der Waals surface area contributed by atoms with Crippen molar-refractivity contribution in [3.05, 3.63) is 28.2 Å². The number of fused-ring (bicyclic) bond motifs is 1. The number of aromatic nitrogens is 2. The van der Waals surface area contributed by atoms with Crippen molar-refractivity contribution in [1.29, 1.82) is 0 Å². The summed E-state index contributed by atoms with van der Waals surface area (Å²) in [4.78, 5) is 28.4. The maximum Gasteiger partial charge on any atom is 0.273 e. The molecular weight excluding hydrogens is 288 g/mol. The summed E-state index contributed by atoms with van der Waals surface area (Å²) in [7, 11) is 4.63. The molecule has 1 atom stereocenters. The fourth-order valence-electron chi connectivity index (χ4n) is 2.21. The first kappa shape index (κ1) is 15.8. The number of rotatable bonds is 4. The lowest BCUT2D eigenvalue weighted by Crippen LogP contribution is -2.37. The van der Waals surface area contributed by atoms with E-state index in [2.05, 4.69) is 4.98 Å². The van der Waals surface area contributed by atoms with E-state index in [4.69, 9.17) is 15.3 Å². The number of benzene rings is 1. The molecule has 8 heteroatoms. The van der Waals surface area contributed by atoms with Crippen LogP contribution in [0.4, 0.5) is 0 Å². The number of hydrazine groups is 1. The van der Waals surface area contributed by atoms with Crippen molar-refractivity contribution in [3.63, 3.8) is 0 Å². The second-order valence-corrected chi connectivity index (χ2v) is 4.79. The number of ether oxygens (including phenoxy) is 2. The summed E-state index contributed by atoms with van der Waals surface area (Å²) in [5, 5.41) is 0. The highest BCUT2D eigenvalue weighted by Gasteiger charge is 2.22. The predicted octanol–water partition coefficient (Wildman–Crippen LogP) is 0.0441. The lowest BCUT2D eigenvalue weighted by atomic mass is 10.1. The third-order valence-electron chi connectivity index (χ3n) is 3.55. The summed E-state index contributed by atoms with van der Waals surface area (Å²) >= 11 is 0. The molecule has 1 unspecified atom stereocenters. The Morgan fingerprint density at radius 2 is 1.91 bits per heavy atom. The number of hydrogen-bond acceptors (Lipinski definition) is 6. The van der Waals surface area contributed by atoms with E-state index >= 15 is 0 Å². The molecule has 0 saturated carbocycles. The minimum Gasteiger partial charge on any atom is -0.493 e. The molecule has 0 aliphatic heterocycles. The van der Waals surface area contributed by atoms with Gasteiger partial charge in [-0.1, -0.05) is 0 Å². The van der Waals surface area contributed by atoms with Crippen LogP contribution in [-0.2, 0) is 11.8 Å². The average Bonchev–Trinajstić information content (AvgIpc) is 2.55. The summed E-state index contributed by atoms with van der Waals surface area (Å²) in [6, 6.07) is 3.32. The normalized spacial score (nSPS) is 12.0. The van der Waals surface area contributed by atoms with Crippen LogP contribution in [0.2, 0.25) is 0 Å². The van der Waals surface area contributed by atoms with Crippen LogP contribution < -0.4 is 26.3 Å². The number of nitrogens with one attached hydrogen (secondary N) is 1. The molecule has 1 amide bonds. The van der Waals surface area contributed by atoms with Crippen molar-refractivity contribution in [2.24, 2.45) is 12.9 Å². The Hall–Kier alpha value is -2.61. The molecular formula is C14H18N4O4. The average molecular weight is 306 g/mol. The number of nitrogens with two attached hydrogens (primary N) is 1. The predicted molar refractivity (Wildman–Crippen MR) is 80.8 cm³/mol. The van der Waals surface area contributed by atoms with E-state index < -0.39 is 11.8 Å². The highest BCUT2D eigenvalue weighted by Crippen LogP contribution is 2.31. The van der Waals surface area contributed by atoms with Gasteiger partial charge < -0.3 is 14.0 Å². The Morgan fingerprint density at radius 1 is 1.32 bits per heavy atom. The smallest absolute Gasteiger partial charge is 0.273 e. The van der Waals surface area contributed by atoms with Crippen LogP contribution in [0.3, 0.4) is 0 Å². The van der Waals surface area contributed by atoms with Gasteiger partial charge in [0.2, 0.25) is 5.91 Å². The van der Waals surface area contributed by atoms with Gasteiger partial charge in [0, 0.05) is 19.2 Å². The van der Waals surface area contributed by atoms with Gasteiger partial charge in [0.15, 0.2) is 11.5 Å². The summed E-state index contributed by atoms with van der Waals surface area (Å²) < 4.78 is 11.9. The second kappa shape index (κ2) is 6.02. The molecule has 0 aliphatic carbocycles. The first-order chi connectivity index (χ1) is 10.4. The molecule has 1 aromatic carbocycles. The lowest BCUT2D eigenvalue weighted by molar-refractivity contribution is -0.122. The van der Waals surface area contributed by atoms with Crippen molar-refractivity contribution in [1.82, 2.24) is 15.0 Å². The number of amides is 1. The van der Waals surface area contributed by atoms with E-state index in [0.717, 1.165) is 0 Å². The zero-order valence-corrected chi connectivity index (χ0v) is 12.8. The Kier molecular flexibility index (Phi) is 4.32. The van der Waals surface area contributed by atoms with Crippen LogP contribution in [0.5, 0.6) is 11.5 Å². The van der Waals surface area contributed by atoms with E-state index in [1.54, 1.807) is 26.1 Å². The summed E-state index contributed by atoms with van der Waals surface area (Å²) in [6.07, 6.45) is 0. The van der Waals surface area contributed by atoms with Crippen LogP contribution in [0.25, 0.3) is 11.0 Å². The molecule has 1 heterocycles. The van der Waals surface area contributed by atoms with Crippen molar-refractivity contribution in [2.75, 3.05) is 14.2 Å². The Morgan fingerprint density at radius 3 is 2.45 bits per heavy atom. The summed E-state index contributed by atoms with van der Waals surface area (Å²) in [5.74, 6) is 4.86. The molecule has 2 aromatic rings. The van der Waals surface area contributed by atoms with Gasteiger partial charge >= 0.3 is 0 Å². The van der Waals surface area contributed by atoms with E-state index in [9.17, 15) is 9.59 Å². The summed E-state index contributed by atoms with van der Waals surface area (Å²) in [5.41, 5.74) is 2.87. The third kappa shape index (κ3) is 2.48. The zero-order chi connectivity index (χ0) is 16.4. The monoisotopic (exact) mass is 306 g/mol. The van der Waals surface area contributed by atoms with Gasteiger partial charge in [0.1, 0.15) is 5.69 Å². The van der Waals surface area contributed by atoms with Crippen LogP contribution in [0.15, 0.2) is 16.9 Å². The molecule has 0 radical (unpaired) electrons. The quantitative estimate of drug-likeness (QED) is 0.469. The van der Waals surface area contributed by atoms with Crippen LogP contribution in [-0.4, -0.2) is 29.7 Å². The molecule has 22 heavy (non-hydrogen) atoms. The summed E-state index contributed by atoms with van der Waals surface area (Å²) in [6.45, 7) is 1.57. The minimum atomic E-state index is -0.763. The SMILES string of the molecule is COc1cc2nc(C(C)C(=O)NN)c(=O)n(C)c2cc1OC. The highest BCUT2D eigenvalue weighted by atomic mass is 16.5. The van der Waals surface area contributed by atoms with Gasteiger partial charge in [-0.15, -0.1) is 0 Å². The molecule has 0 saturated heterocycles. The maximum atomic E-state index is 12.4. The van der Waals surface area contributed by atoms with Crippen LogP contribution in [0.1, 0.15) is 18.5 Å². The van der Waals surface area contributed by atoms with Gasteiger partial charge in [0.05, 0.1) is 31.2 Å². The molecule has 2 rings (SSSR count). The first-order valence-electron chi connectivity index (χ1n) is 6.57. The first-order valence-corrected chi connectivity index (χ1v) is 6.57. The molecule has 0 fully saturated rings. The van der Waals surface area contributed by atoms with Gasteiger partial charge in [-0.05, 0) is 6.92 Å². The van der Waals surface area contributed by atoms with E-state index in [1.807, 2.05) is 5.43 Å². The number of methoxy groups -OCH3 is 2. The molecule has 3 N–H and O–H groups in total. The van der Waals surface area contributed by atoms with Gasteiger partial charge in [-0.3, -0.25) is 15.0 Å². The molecule has 0 aliphatic rings. The van der Waals surface area contributed by atoms with Gasteiger partial charge in [-0.25, -0.2) is 10.8 Å². The van der Waals surface area contributed by atoms with E-state index in [-0.39, 0.29) is 11.3 Å². The largest absolute Gasteiger partial charge is 0.493 e. The number of carbonyl (C=O) groups excluding carboxylic acids is 1. The van der Waals surface area contributed by atoms with Crippen molar-refractivity contribution < 1.29 is 14.3 Å². The second-order valence-electron chi connectivity index (χ2n) is 4.79. The van der Waals surface area contributed by atoms with Crippen LogP contribution in [0, 0.1) is 0 Å². The zero-order valence-electron chi connectivity index (χ0n) is 12.8. The maximum absolute atomic E-state index is 12.4. The molecule has 1 aromatic heterocycles. The lowest BCUT2D eigenvalue weighted by Gasteiger charge is -2.14. The number of aryl methyl sites for hydroxylation is 1. The van der Waals surface area contributed by atoms with Crippen LogP contribution >= 0.6 is 0 Å². The number of carbonyl (C=O) groups is 1. The van der Waals surface area contributed by atoms with Gasteiger partial charge in [0.25, 0.3) is 5.56 Å². The van der Waals surface area contributed by atoms with Gasteiger partial charge in [-0.2, -0.15) is 0 Å². The van der Waals surface area contributed by atoms with Crippen molar-refractivity contribution in [3.8, 4) is 11.5 Å². The number of nitrogens with zero attached hydrogens (tertiary/aromatic N) is 2. The van der Waals surface area contributed by atoms with E-state index in [1.165, 1.54) is 18.8 Å². The topological polar surface area (TPSA) is 108 Å². The Balaban J connectivity index is 2.75. The standard InChI is InChI=1S/C14H18N4O4/c1-7(13(19)17-15)12-14(20)18(2)9-6-11(22-4)10(21-3)5-8(9)16-12/h5-7H,15H2,1-4H3,(H,17,19). The van der Waals surface area contributed by atoms with Crippen molar-refractivity contribution in [2.45, 2.75) is 12.8 Å².